The number of nitrogens with zero attached hydrogens (tertiary/aromatic N) is 4. The molecule has 0 unspecified atom stereocenters. The number of nitrogens with one attached hydrogen (secondary N) is 1. The molecule has 11 heteroatoms. The van der Waals surface area contributed by atoms with Gasteiger partial charge in [-0.2, -0.15) is 5.10 Å². The molecule has 1 saturated carbocycles. The molecule has 148 valence electrons. The molecule has 0 radical (unpaired) electrons. The maximum Gasteiger partial charge on any atom is 0.202 e. The second-order valence-corrected chi connectivity index (χ2v) is 7.18. The number of rotatable bonds is 3. The second kappa shape index (κ2) is 7.13. The SMILES string of the molecule is N/N=c1/nc[nH]c2c1ncn2[C@@H]1C[C@H]([C@H](O)c2ccc(Cl)c(F)c2)[C@@H](O)[C@H]1O. The van der Waals surface area contributed by atoms with Gasteiger partial charge in [0, 0.05) is 5.92 Å². The molecule has 1 aliphatic carbocycles. The van der Waals surface area contributed by atoms with Crippen molar-refractivity contribution in [2.75, 3.05) is 0 Å². The van der Waals surface area contributed by atoms with Crippen molar-refractivity contribution in [1.29, 1.82) is 0 Å². The molecular weight excluding hydrogens is 391 g/mol. The van der Waals surface area contributed by atoms with Gasteiger partial charge in [0.1, 0.15) is 17.6 Å². The predicted octanol–water partition coefficient (Wildman–Crippen LogP) is 0.343. The summed E-state index contributed by atoms with van der Waals surface area (Å²) in [7, 11) is 0. The standard InChI is InChI=1S/C17H18ClFN6O3/c18-9-2-1-7(3-10(9)19)13(26)8-4-11(15(28)14(8)27)25-6-23-12-16(24-20)21-5-22-17(12)25/h1-3,5-6,8,11,13-15,26-28H,4,20H2,(H,21,22,24)/t8-,11-,13-,14-,15+/m1/s1. The number of hydrogen-bond acceptors (Lipinski definition) is 7. The highest BCUT2D eigenvalue weighted by atomic mass is 35.5. The van der Waals surface area contributed by atoms with Crippen LogP contribution in [0.5, 0.6) is 0 Å². The van der Waals surface area contributed by atoms with Gasteiger partial charge in [0.25, 0.3) is 0 Å². The highest BCUT2D eigenvalue weighted by Gasteiger charge is 2.46. The molecule has 2 aromatic heterocycles. The number of aliphatic hydroxyl groups is 3. The second-order valence-electron chi connectivity index (χ2n) is 6.77. The average molecular weight is 409 g/mol. The zero-order valence-electron chi connectivity index (χ0n) is 14.4. The summed E-state index contributed by atoms with van der Waals surface area (Å²) in [5, 5.41) is 35.3. The van der Waals surface area contributed by atoms with Crippen molar-refractivity contribution in [3.05, 3.63) is 52.7 Å². The number of aromatic nitrogens is 4. The van der Waals surface area contributed by atoms with Crippen LogP contribution in [-0.4, -0.2) is 47.0 Å². The van der Waals surface area contributed by atoms with Gasteiger partial charge in [-0.25, -0.2) is 14.4 Å². The van der Waals surface area contributed by atoms with E-state index in [1.54, 1.807) is 4.57 Å². The third kappa shape index (κ3) is 2.94. The summed E-state index contributed by atoms with van der Waals surface area (Å²) < 4.78 is 15.4. The van der Waals surface area contributed by atoms with Crippen LogP contribution >= 0.6 is 11.6 Å². The fraction of sp³-hybridized carbons (Fsp3) is 0.353. The Balaban J connectivity index is 1.67. The van der Waals surface area contributed by atoms with Gasteiger partial charge in [-0.15, -0.1) is 0 Å². The summed E-state index contributed by atoms with van der Waals surface area (Å²) in [5.74, 6) is 3.93. The molecule has 6 N–H and O–H groups in total. The first-order chi connectivity index (χ1) is 13.4. The molecule has 1 aliphatic rings. The Hall–Kier alpha value is -2.53. The van der Waals surface area contributed by atoms with E-state index >= 15 is 0 Å². The maximum absolute atomic E-state index is 13.7. The Morgan fingerprint density at radius 2 is 2.11 bits per heavy atom. The number of hydrogen-bond donors (Lipinski definition) is 5. The van der Waals surface area contributed by atoms with E-state index in [0.29, 0.717) is 11.2 Å². The number of halogens is 2. The van der Waals surface area contributed by atoms with Crippen LogP contribution in [0.15, 0.2) is 36.0 Å². The van der Waals surface area contributed by atoms with E-state index in [2.05, 4.69) is 20.1 Å². The number of H-pyrrole nitrogens is 1. The Kier molecular flexibility index (Phi) is 4.79. The molecule has 0 spiro atoms. The normalized spacial score (nSPS) is 26.8. The monoisotopic (exact) mass is 408 g/mol. The van der Waals surface area contributed by atoms with E-state index in [1.165, 1.54) is 24.8 Å². The molecule has 1 fully saturated rings. The van der Waals surface area contributed by atoms with Crippen LogP contribution in [0.3, 0.4) is 0 Å². The van der Waals surface area contributed by atoms with Gasteiger partial charge in [0.05, 0.1) is 35.9 Å². The van der Waals surface area contributed by atoms with Crippen LogP contribution < -0.4 is 11.3 Å². The lowest BCUT2D eigenvalue weighted by Gasteiger charge is -2.22. The summed E-state index contributed by atoms with van der Waals surface area (Å²) in [6, 6.07) is 3.37. The largest absolute Gasteiger partial charge is 0.390 e. The van der Waals surface area contributed by atoms with Crippen molar-refractivity contribution >= 4 is 22.8 Å². The molecule has 1 aromatic carbocycles. The Morgan fingerprint density at radius 3 is 2.82 bits per heavy atom. The smallest absolute Gasteiger partial charge is 0.202 e. The van der Waals surface area contributed by atoms with Gasteiger partial charge in [-0.1, -0.05) is 17.7 Å². The van der Waals surface area contributed by atoms with Crippen LogP contribution in [-0.2, 0) is 0 Å². The van der Waals surface area contributed by atoms with Crippen LogP contribution in [0.2, 0.25) is 5.02 Å². The Morgan fingerprint density at radius 1 is 1.32 bits per heavy atom. The molecule has 0 saturated heterocycles. The van der Waals surface area contributed by atoms with Crippen LogP contribution in [0, 0.1) is 11.7 Å². The van der Waals surface area contributed by atoms with Crippen molar-refractivity contribution in [2.45, 2.75) is 30.8 Å². The highest BCUT2D eigenvalue weighted by molar-refractivity contribution is 6.30. The maximum atomic E-state index is 13.7. The molecule has 0 amide bonds. The van der Waals surface area contributed by atoms with Crippen LogP contribution in [0.4, 0.5) is 4.39 Å². The zero-order chi connectivity index (χ0) is 20.0. The number of imidazole rings is 1. The van der Waals surface area contributed by atoms with E-state index < -0.39 is 36.1 Å². The summed E-state index contributed by atoms with van der Waals surface area (Å²) in [6.07, 6.45) is -0.478. The van der Waals surface area contributed by atoms with Crippen LogP contribution in [0.25, 0.3) is 11.2 Å². The molecule has 9 nitrogen and oxygen atoms in total. The Bertz CT molecular complexity index is 1090. The first kappa shape index (κ1) is 18.8. The number of aromatic amines is 1. The van der Waals surface area contributed by atoms with Crippen molar-refractivity contribution in [3.63, 3.8) is 0 Å². The molecule has 0 bridgehead atoms. The first-order valence-electron chi connectivity index (χ1n) is 8.55. The zero-order valence-corrected chi connectivity index (χ0v) is 15.2. The predicted molar refractivity (Wildman–Crippen MR) is 97.2 cm³/mol. The van der Waals surface area contributed by atoms with E-state index in [-0.39, 0.29) is 22.5 Å². The molecule has 5 atom stereocenters. The van der Waals surface area contributed by atoms with Gasteiger partial charge in [-0.05, 0) is 24.1 Å². The van der Waals surface area contributed by atoms with E-state index in [4.69, 9.17) is 17.4 Å². The molecule has 28 heavy (non-hydrogen) atoms. The van der Waals surface area contributed by atoms with Crippen molar-refractivity contribution in [3.8, 4) is 0 Å². The number of benzene rings is 1. The summed E-state index contributed by atoms with van der Waals surface area (Å²) >= 11 is 5.69. The van der Waals surface area contributed by atoms with E-state index in [1.807, 2.05) is 0 Å². The number of fused-ring (bicyclic) bond motifs is 1. The fourth-order valence-electron chi connectivity index (χ4n) is 3.81. The van der Waals surface area contributed by atoms with Gasteiger partial charge in [0.2, 0.25) is 5.49 Å². The van der Waals surface area contributed by atoms with Gasteiger partial charge in [-0.3, -0.25) is 0 Å². The van der Waals surface area contributed by atoms with Crippen molar-refractivity contribution in [2.24, 2.45) is 16.9 Å². The number of aliphatic hydroxyl groups excluding tert-OH is 3. The topological polar surface area (TPSA) is 146 Å². The fourth-order valence-corrected chi connectivity index (χ4v) is 3.92. The minimum Gasteiger partial charge on any atom is -0.390 e. The minimum atomic E-state index is -1.23. The number of nitrogens with two attached hydrogens (primary N) is 1. The lowest BCUT2D eigenvalue weighted by molar-refractivity contribution is -0.0265. The quantitative estimate of drug-likeness (QED) is 0.312. The lowest BCUT2D eigenvalue weighted by atomic mass is 9.92. The average Bonchev–Trinajstić information content (AvgIpc) is 3.25. The molecule has 4 rings (SSSR count). The van der Waals surface area contributed by atoms with Gasteiger partial charge < -0.3 is 30.7 Å². The Labute approximate surface area is 162 Å². The van der Waals surface area contributed by atoms with Crippen LogP contribution in [0.1, 0.15) is 24.1 Å². The minimum absolute atomic E-state index is 0.0593. The van der Waals surface area contributed by atoms with E-state index in [9.17, 15) is 19.7 Å². The third-order valence-electron chi connectivity index (χ3n) is 5.26. The highest BCUT2D eigenvalue weighted by Crippen LogP contribution is 2.43. The van der Waals surface area contributed by atoms with Crippen molar-refractivity contribution < 1.29 is 19.7 Å². The van der Waals surface area contributed by atoms with E-state index in [0.717, 1.165) is 6.07 Å². The summed E-state index contributed by atoms with van der Waals surface area (Å²) in [5.41, 5.74) is 1.43. The van der Waals surface area contributed by atoms with Gasteiger partial charge >= 0.3 is 0 Å². The summed E-state index contributed by atoms with van der Waals surface area (Å²) in [6.45, 7) is 0. The summed E-state index contributed by atoms with van der Waals surface area (Å²) in [4.78, 5) is 11.1. The molecule has 0 aliphatic heterocycles. The van der Waals surface area contributed by atoms with Crippen molar-refractivity contribution in [1.82, 2.24) is 19.5 Å². The van der Waals surface area contributed by atoms with Gasteiger partial charge in [0.15, 0.2) is 5.52 Å². The molecule has 3 aromatic rings. The lowest BCUT2D eigenvalue weighted by Crippen LogP contribution is -2.31. The molecular formula is C17H18ClFN6O3. The first-order valence-corrected chi connectivity index (χ1v) is 8.93. The molecule has 2 heterocycles. The third-order valence-corrected chi connectivity index (χ3v) is 5.57.